The second kappa shape index (κ2) is 6.88. The Balaban J connectivity index is 2.93. The minimum Gasteiger partial charge on any atom is -0.370 e. The molecule has 0 amide bonds. The van der Waals surface area contributed by atoms with E-state index in [1.807, 2.05) is 27.7 Å². The van der Waals surface area contributed by atoms with E-state index in [0.717, 1.165) is 18.2 Å². The van der Waals surface area contributed by atoms with Crippen LogP contribution in [0.5, 0.6) is 0 Å². The molecular weight excluding hydrogens is 276 g/mol. The van der Waals surface area contributed by atoms with Crippen LogP contribution in [0, 0.1) is 0 Å². The largest absolute Gasteiger partial charge is 0.370 e. The normalized spacial score (nSPS) is 13.3. The number of hydrogen-bond donors (Lipinski definition) is 2. The lowest BCUT2D eigenvalue weighted by Crippen LogP contribution is -2.26. The lowest BCUT2D eigenvalue weighted by molar-refractivity contribution is 0.598. The Morgan fingerprint density at radius 1 is 1.20 bits per heavy atom. The summed E-state index contributed by atoms with van der Waals surface area (Å²) in [5, 5.41) is 6.28. The molecule has 1 unspecified atom stereocenters. The average molecular weight is 300 g/mol. The highest BCUT2D eigenvalue weighted by Gasteiger charge is 2.13. The van der Waals surface area contributed by atoms with E-state index in [2.05, 4.69) is 20.6 Å². The molecular formula is C13H24N4O2S. The van der Waals surface area contributed by atoms with Gasteiger partial charge in [0.25, 0.3) is 0 Å². The summed E-state index contributed by atoms with van der Waals surface area (Å²) in [6.07, 6.45) is 1.23. The predicted molar refractivity (Wildman–Crippen MR) is 83.1 cm³/mol. The summed E-state index contributed by atoms with van der Waals surface area (Å²) in [6.45, 7) is 8.64. The molecule has 1 aromatic rings. The summed E-state index contributed by atoms with van der Waals surface area (Å²) >= 11 is 0. The number of anilines is 2. The number of sulfone groups is 1. The van der Waals surface area contributed by atoms with Crippen LogP contribution < -0.4 is 10.6 Å². The number of rotatable bonds is 7. The van der Waals surface area contributed by atoms with Gasteiger partial charge in [0.05, 0.1) is 5.75 Å². The van der Waals surface area contributed by atoms with Gasteiger partial charge in [-0.2, -0.15) is 0 Å². The van der Waals surface area contributed by atoms with E-state index in [1.54, 1.807) is 6.07 Å². The van der Waals surface area contributed by atoms with Gasteiger partial charge in [-0.15, -0.1) is 0 Å². The second-order valence-corrected chi connectivity index (χ2v) is 7.50. The molecule has 20 heavy (non-hydrogen) atoms. The first-order valence-corrected chi connectivity index (χ1v) is 8.84. The minimum atomic E-state index is -3.01. The van der Waals surface area contributed by atoms with Gasteiger partial charge in [0.2, 0.25) is 0 Å². The Morgan fingerprint density at radius 3 is 2.30 bits per heavy atom. The van der Waals surface area contributed by atoms with Gasteiger partial charge in [-0.25, -0.2) is 18.4 Å². The molecule has 0 bridgehead atoms. The van der Waals surface area contributed by atoms with Gasteiger partial charge in [-0.1, -0.05) is 13.8 Å². The first-order valence-electron chi connectivity index (χ1n) is 6.78. The fourth-order valence-corrected chi connectivity index (χ4v) is 2.81. The van der Waals surface area contributed by atoms with Crippen molar-refractivity contribution in [1.82, 2.24) is 9.97 Å². The van der Waals surface area contributed by atoms with Crippen molar-refractivity contribution in [3.05, 3.63) is 11.9 Å². The van der Waals surface area contributed by atoms with Gasteiger partial charge >= 0.3 is 0 Å². The van der Waals surface area contributed by atoms with Crippen LogP contribution in [0.1, 0.15) is 39.4 Å². The molecule has 114 valence electrons. The SMILES string of the molecule is CCNc1cc(NC(C)CS(C)(=O)=O)nc(C(C)C)n1. The Kier molecular flexibility index (Phi) is 5.74. The van der Waals surface area contributed by atoms with E-state index in [4.69, 9.17) is 0 Å². The third kappa shape index (κ3) is 5.73. The predicted octanol–water partition coefficient (Wildman–Crippen LogP) is 1.88. The molecule has 7 heteroatoms. The zero-order chi connectivity index (χ0) is 15.3. The fourth-order valence-electron chi connectivity index (χ4n) is 1.82. The van der Waals surface area contributed by atoms with Crippen LogP contribution in [0.15, 0.2) is 6.07 Å². The lowest BCUT2D eigenvalue weighted by Gasteiger charge is -2.16. The molecule has 0 aliphatic carbocycles. The average Bonchev–Trinajstić information content (AvgIpc) is 2.26. The van der Waals surface area contributed by atoms with Crippen LogP contribution in [0.25, 0.3) is 0 Å². The van der Waals surface area contributed by atoms with Gasteiger partial charge in [0, 0.05) is 30.8 Å². The highest BCUT2D eigenvalue weighted by molar-refractivity contribution is 7.90. The van der Waals surface area contributed by atoms with Crippen molar-refractivity contribution >= 4 is 21.5 Å². The van der Waals surface area contributed by atoms with Crippen molar-refractivity contribution < 1.29 is 8.42 Å². The molecule has 0 radical (unpaired) electrons. The monoisotopic (exact) mass is 300 g/mol. The lowest BCUT2D eigenvalue weighted by atomic mass is 10.2. The van der Waals surface area contributed by atoms with Gasteiger partial charge in [-0.05, 0) is 13.8 Å². The van der Waals surface area contributed by atoms with Gasteiger partial charge in [0.1, 0.15) is 27.3 Å². The molecule has 1 heterocycles. The molecule has 1 atom stereocenters. The fraction of sp³-hybridized carbons (Fsp3) is 0.692. The first-order chi connectivity index (χ1) is 9.21. The van der Waals surface area contributed by atoms with E-state index in [9.17, 15) is 8.42 Å². The molecule has 0 aliphatic heterocycles. The van der Waals surface area contributed by atoms with Crippen molar-refractivity contribution in [2.45, 2.75) is 39.7 Å². The second-order valence-electron chi connectivity index (χ2n) is 5.32. The summed E-state index contributed by atoms with van der Waals surface area (Å²) < 4.78 is 22.6. The molecule has 1 aromatic heterocycles. The molecule has 0 fully saturated rings. The third-order valence-corrected chi connectivity index (χ3v) is 3.67. The number of nitrogens with zero attached hydrogens (tertiary/aromatic N) is 2. The Labute approximate surface area is 121 Å². The van der Waals surface area contributed by atoms with Gasteiger partial charge in [0.15, 0.2) is 0 Å². The Bertz CT molecular complexity index is 543. The van der Waals surface area contributed by atoms with Crippen molar-refractivity contribution in [2.75, 3.05) is 29.2 Å². The Morgan fingerprint density at radius 2 is 1.80 bits per heavy atom. The van der Waals surface area contributed by atoms with Gasteiger partial charge in [-0.3, -0.25) is 0 Å². The van der Waals surface area contributed by atoms with Crippen molar-refractivity contribution in [3.63, 3.8) is 0 Å². The molecule has 2 N–H and O–H groups in total. The van der Waals surface area contributed by atoms with Crippen LogP contribution in [-0.4, -0.2) is 43.0 Å². The molecule has 0 saturated heterocycles. The standard InChI is InChI=1S/C13H24N4O2S/c1-6-14-11-7-12(17-13(16-11)9(2)3)15-10(4)8-20(5,18)19/h7,9-10H,6,8H2,1-5H3,(H2,14,15,16,17). The minimum absolute atomic E-state index is 0.0740. The maximum atomic E-state index is 11.3. The van der Waals surface area contributed by atoms with Crippen molar-refractivity contribution in [1.29, 1.82) is 0 Å². The van der Waals surface area contributed by atoms with Crippen LogP contribution in [0.2, 0.25) is 0 Å². The third-order valence-electron chi connectivity index (χ3n) is 2.56. The molecule has 0 aromatic carbocycles. The summed E-state index contributed by atoms with van der Waals surface area (Å²) in [7, 11) is -3.01. The summed E-state index contributed by atoms with van der Waals surface area (Å²) in [6, 6.07) is 1.60. The molecule has 6 nitrogen and oxygen atoms in total. The van der Waals surface area contributed by atoms with E-state index in [-0.39, 0.29) is 17.7 Å². The van der Waals surface area contributed by atoms with Gasteiger partial charge < -0.3 is 10.6 Å². The van der Waals surface area contributed by atoms with E-state index in [0.29, 0.717) is 5.82 Å². The molecule has 0 spiro atoms. The zero-order valence-corrected chi connectivity index (χ0v) is 13.6. The van der Waals surface area contributed by atoms with Crippen LogP contribution in [0.3, 0.4) is 0 Å². The summed E-state index contributed by atoms with van der Waals surface area (Å²) in [4.78, 5) is 8.85. The van der Waals surface area contributed by atoms with Crippen molar-refractivity contribution in [2.24, 2.45) is 0 Å². The summed E-state index contributed by atoms with van der Waals surface area (Å²) in [5.74, 6) is 2.41. The smallest absolute Gasteiger partial charge is 0.149 e. The molecule has 0 saturated carbocycles. The molecule has 0 aliphatic rings. The van der Waals surface area contributed by atoms with Crippen LogP contribution >= 0.6 is 0 Å². The highest BCUT2D eigenvalue weighted by atomic mass is 32.2. The Hall–Kier alpha value is -1.37. The number of nitrogens with one attached hydrogen (secondary N) is 2. The van der Waals surface area contributed by atoms with Crippen molar-refractivity contribution in [3.8, 4) is 0 Å². The maximum absolute atomic E-state index is 11.3. The summed E-state index contributed by atoms with van der Waals surface area (Å²) in [5.41, 5.74) is 0. The highest BCUT2D eigenvalue weighted by Crippen LogP contribution is 2.17. The number of aromatic nitrogens is 2. The first kappa shape index (κ1) is 16.7. The molecule has 1 rings (SSSR count). The van der Waals surface area contributed by atoms with Crippen LogP contribution in [-0.2, 0) is 9.84 Å². The van der Waals surface area contributed by atoms with E-state index >= 15 is 0 Å². The quantitative estimate of drug-likeness (QED) is 0.800. The topological polar surface area (TPSA) is 84.0 Å². The van der Waals surface area contributed by atoms with E-state index < -0.39 is 9.84 Å². The maximum Gasteiger partial charge on any atom is 0.149 e. The number of hydrogen-bond acceptors (Lipinski definition) is 6. The van der Waals surface area contributed by atoms with Crippen LogP contribution in [0.4, 0.5) is 11.6 Å². The van der Waals surface area contributed by atoms with E-state index in [1.165, 1.54) is 6.26 Å². The zero-order valence-electron chi connectivity index (χ0n) is 12.8.